The molecular formula is C30H33N3O3S. The number of hydrogen-bond donors (Lipinski definition) is 0. The lowest BCUT2D eigenvalue weighted by atomic mass is 10.0. The van der Waals surface area contributed by atoms with Crippen LogP contribution in [0, 0.1) is 13.8 Å². The van der Waals surface area contributed by atoms with Gasteiger partial charge >= 0.3 is 0 Å². The first kappa shape index (κ1) is 25.5. The number of ether oxygens (including phenoxy) is 1. The van der Waals surface area contributed by atoms with Gasteiger partial charge in [-0.15, -0.1) is 0 Å². The molecule has 1 unspecified atom stereocenters. The van der Waals surface area contributed by atoms with Crippen LogP contribution in [0.5, 0.6) is 0 Å². The van der Waals surface area contributed by atoms with Crippen molar-refractivity contribution in [3.63, 3.8) is 0 Å². The van der Waals surface area contributed by atoms with E-state index in [1.165, 1.54) is 11.8 Å². The van der Waals surface area contributed by atoms with Gasteiger partial charge in [-0.05, 0) is 62.4 Å². The molecule has 0 saturated carbocycles. The Labute approximate surface area is 221 Å². The van der Waals surface area contributed by atoms with Gasteiger partial charge in [0.25, 0.3) is 5.56 Å². The quantitative estimate of drug-likeness (QED) is 0.162. The Bertz CT molecular complexity index is 1510. The molecule has 7 heteroatoms. The van der Waals surface area contributed by atoms with Crippen LogP contribution in [-0.4, -0.2) is 38.4 Å². The molecule has 0 radical (unpaired) electrons. The largest absolute Gasteiger partial charge is 0.376 e. The topological polar surface area (TPSA) is 66.1 Å². The lowest BCUT2D eigenvalue weighted by Crippen LogP contribution is -2.23. The number of thioether (sulfide) groups is 1. The molecular weight excluding hydrogens is 482 g/mol. The Morgan fingerprint density at radius 1 is 1.14 bits per heavy atom. The minimum absolute atomic E-state index is 0.0304. The van der Waals surface area contributed by atoms with Crippen LogP contribution < -0.4 is 5.56 Å². The summed E-state index contributed by atoms with van der Waals surface area (Å²) in [5, 5.41) is 1.09. The first-order valence-electron chi connectivity index (χ1n) is 12.9. The minimum Gasteiger partial charge on any atom is -0.376 e. The monoisotopic (exact) mass is 515 g/mol. The molecule has 5 rings (SSSR count). The van der Waals surface area contributed by atoms with Crippen molar-refractivity contribution in [1.82, 2.24) is 14.1 Å². The van der Waals surface area contributed by atoms with Gasteiger partial charge in [0.05, 0.1) is 28.4 Å². The van der Waals surface area contributed by atoms with Gasteiger partial charge in [0.15, 0.2) is 10.9 Å². The van der Waals surface area contributed by atoms with Crippen LogP contribution in [0.1, 0.15) is 59.9 Å². The van der Waals surface area contributed by atoms with Gasteiger partial charge in [-0.2, -0.15) is 0 Å². The Hall–Kier alpha value is -3.16. The number of Topliss-reactive ketones (excluding diaryl/α,β-unsaturated/α-hetero) is 1. The summed E-state index contributed by atoms with van der Waals surface area (Å²) in [6.45, 7) is 9.85. The Morgan fingerprint density at radius 3 is 2.65 bits per heavy atom. The van der Waals surface area contributed by atoms with Crippen LogP contribution >= 0.6 is 11.8 Å². The zero-order chi connectivity index (χ0) is 26.1. The Kier molecular flexibility index (Phi) is 7.36. The van der Waals surface area contributed by atoms with Crippen molar-refractivity contribution in [3.05, 3.63) is 87.5 Å². The van der Waals surface area contributed by atoms with Crippen molar-refractivity contribution >= 4 is 28.4 Å². The maximum Gasteiger partial charge on any atom is 0.266 e. The van der Waals surface area contributed by atoms with E-state index in [9.17, 15) is 9.59 Å². The highest BCUT2D eigenvalue weighted by Crippen LogP contribution is 2.28. The first-order valence-corrected chi connectivity index (χ1v) is 13.9. The van der Waals surface area contributed by atoms with Crippen molar-refractivity contribution in [2.45, 2.75) is 64.3 Å². The average molecular weight is 516 g/mol. The van der Waals surface area contributed by atoms with Gasteiger partial charge in [-0.25, -0.2) is 4.98 Å². The second-order valence-corrected chi connectivity index (χ2v) is 11.0. The van der Waals surface area contributed by atoms with E-state index in [1.54, 1.807) is 4.57 Å². The van der Waals surface area contributed by atoms with E-state index >= 15 is 0 Å². The molecule has 2 aromatic carbocycles. The molecule has 37 heavy (non-hydrogen) atoms. The fraction of sp³-hybridized carbons (Fsp3) is 0.367. The number of benzene rings is 2. The SMILES string of the molecule is Cc1cc(C(=O)CSc2nc3ccccc3c(=O)n2-c2ccccc2C(C)C)c(C)n1CC1CCCO1. The summed E-state index contributed by atoms with van der Waals surface area (Å²) in [6.07, 6.45) is 2.35. The molecule has 0 spiro atoms. The van der Waals surface area contributed by atoms with Gasteiger partial charge in [-0.3, -0.25) is 14.2 Å². The van der Waals surface area contributed by atoms with Crippen LogP contribution in [0.2, 0.25) is 0 Å². The summed E-state index contributed by atoms with van der Waals surface area (Å²) in [7, 11) is 0. The number of aryl methyl sites for hydroxylation is 1. The summed E-state index contributed by atoms with van der Waals surface area (Å²) >= 11 is 1.32. The van der Waals surface area contributed by atoms with Gasteiger partial charge < -0.3 is 9.30 Å². The predicted octanol–water partition coefficient (Wildman–Crippen LogP) is 6.08. The van der Waals surface area contributed by atoms with E-state index in [-0.39, 0.29) is 29.1 Å². The molecule has 192 valence electrons. The smallest absolute Gasteiger partial charge is 0.266 e. The Balaban J connectivity index is 1.49. The fourth-order valence-electron chi connectivity index (χ4n) is 5.17. The number of carbonyl (C=O) groups excluding carboxylic acids is 1. The molecule has 4 aromatic rings. The highest BCUT2D eigenvalue weighted by atomic mass is 32.2. The molecule has 1 fully saturated rings. The van der Waals surface area contributed by atoms with Gasteiger partial charge in [0, 0.05) is 30.1 Å². The van der Waals surface area contributed by atoms with Crippen LogP contribution in [0.3, 0.4) is 0 Å². The molecule has 1 aliphatic rings. The van der Waals surface area contributed by atoms with Crippen molar-refractivity contribution < 1.29 is 9.53 Å². The molecule has 3 heterocycles. The molecule has 0 amide bonds. The normalized spacial score (nSPS) is 15.6. The summed E-state index contributed by atoms with van der Waals surface area (Å²) in [4.78, 5) is 32.0. The summed E-state index contributed by atoms with van der Waals surface area (Å²) < 4.78 is 9.69. The average Bonchev–Trinajstić information content (AvgIpc) is 3.51. The number of carbonyl (C=O) groups is 1. The summed E-state index contributed by atoms with van der Waals surface area (Å²) in [5.74, 6) is 0.449. The lowest BCUT2D eigenvalue weighted by molar-refractivity contribution is 0.0957. The number of aromatic nitrogens is 3. The molecule has 2 aromatic heterocycles. The van der Waals surface area contributed by atoms with Crippen LogP contribution in [-0.2, 0) is 11.3 Å². The second kappa shape index (κ2) is 10.7. The number of hydrogen-bond acceptors (Lipinski definition) is 5. The maximum atomic E-state index is 13.7. The van der Waals surface area contributed by atoms with Crippen molar-refractivity contribution in [1.29, 1.82) is 0 Å². The van der Waals surface area contributed by atoms with Crippen LogP contribution in [0.4, 0.5) is 0 Å². The number of rotatable bonds is 8. The zero-order valence-electron chi connectivity index (χ0n) is 21.9. The summed E-state index contributed by atoms with van der Waals surface area (Å²) in [6, 6.07) is 17.3. The standard InChI is InChI=1S/C30H33N3O3S/c1-19(2)23-11-6-8-14-27(23)33-29(35)24-12-5-7-13-26(24)31-30(33)37-18-28(34)25-16-20(3)32(21(25)4)17-22-10-9-15-36-22/h5-8,11-14,16,19,22H,9-10,15,17-18H2,1-4H3. The van der Waals surface area contributed by atoms with Gasteiger partial charge in [0.2, 0.25) is 0 Å². The van der Waals surface area contributed by atoms with Crippen LogP contribution in [0.15, 0.2) is 64.5 Å². The molecule has 0 bridgehead atoms. The lowest BCUT2D eigenvalue weighted by Gasteiger charge is -2.18. The van der Waals surface area contributed by atoms with E-state index in [1.807, 2.05) is 68.4 Å². The fourth-order valence-corrected chi connectivity index (χ4v) is 6.05. The first-order chi connectivity index (χ1) is 17.8. The van der Waals surface area contributed by atoms with Crippen molar-refractivity contribution in [2.75, 3.05) is 12.4 Å². The van der Waals surface area contributed by atoms with E-state index in [2.05, 4.69) is 18.4 Å². The molecule has 1 aliphatic heterocycles. The van der Waals surface area contributed by atoms with Gasteiger partial charge in [-0.1, -0.05) is 55.9 Å². The maximum absolute atomic E-state index is 13.7. The molecule has 6 nitrogen and oxygen atoms in total. The highest BCUT2D eigenvalue weighted by Gasteiger charge is 2.23. The third-order valence-corrected chi connectivity index (χ3v) is 8.10. The van der Waals surface area contributed by atoms with Gasteiger partial charge in [0.1, 0.15) is 0 Å². The predicted molar refractivity (Wildman–Crippen MR) is 149 cm³/mol. The summed E-state index contributed by atoms with van der Waals surface area (Å²) in [5.41, 5.74) is 5.14. The van der Waals surface area contributed by atoms with Crippen LogP contribution in [0.25, 0.3) is 16.6 Å². The van der Waals surface area contributed by atoms with E-state index in [4.69, 9.17) is 9.72 Å². The number of para-hydroxylation sites is 2. The zero-order valence-corrected chi connectivity index (χ0v) is 22.7. The Morgan fingerprint density at radius 2 is 1.89 bits per heavy atom. The molecule has 0 N–H and O–H groups in total. The third-order valence-electron chi connectivity index (χ3n) is 7.16. The minimum atomic E-state index is -0.122. The van der Waals surface area contributed by atoms with E-state index in [0.29, 0.717) is 16.1 Å². The molecule has 1 saturated heterocycles. The van der Waals surface area contributed by atoms with Crippen molar-refractivity contribution in [3.8, 4) is 5.69 Å². The molecule has 0 aliphatic carbocycles. The van der Waals surface area contributed by atoms with E-state index in [0.717, 1.165) is 54.2 Å². The number of ketones is 1. The third kappa shape index (κ3) is 5.03. The van der Waals surface area contributed by atoms with E-state index < -0.39 is 0 Å². The number of fused-ring (bicyclic) bond motifs is 1. The molecule has 1 atom stereocenters. The highest BCUT2D eigenvalue weighted by molar-refractivity contribution is 7.99. The van der Waals surface area contributed by atoms with Crippen molar-refractivity contribution in [2.24, 2.45) is 0 Å². The second-order valence-electron chi connectivity index (χ2n) is 10.0. The number of nitrogens with zero attached hydrogens (tertiary/aromatic N) is 3.